The van der Waals surface area contributed by atoms with Crippen LogP contribution in [0.15, 0.2) is 52.7 Å². The fourth-order valence-electron chi connectivity index (χ4n) is 3.13. The molecule has 3 aromatic rings. The first-order valence-electron chi connectivity index (χ1n) is 8.66. The summed E-state index contributed by atoms with van der Waals surface area (Å²) in [5.41, 5.74) is 3.04. The van der Waals surface area contributed by atoms with Crippen molar-refractivity contribution < 1.29 is 9.50 Å². The van der Waals surface area contributed by atoms with Gasteiger partial charge in [-0.3, -0.25) is 0 Å². The van der Waals surface area contributed by atoms with E-state index in [1.165, 1.54) is 17.7 Å². The number of nitrogens with zero attached hydrogens (tertiary/aromatic N) is 3. The average molecular weight is 369 g/mol. The van der Waals surface area contributed by atoms with E-state index in [9.17, 15) is 9.50 Å². The van der Waals surface area contributed by atoms with Crippen molar-refractivity contribution in [1.82, 2.24) is 4.57 Å². The van der Waals surface area contributed by atoms with E-state index in [4.69, 9.17) is 0 Å². The highest BCUT2D eigenvalue weighted by molar-refractivity contribution is 8.00. The highest BCUT2D eigenvalue weighted by atomic mass is 32.2. The van der Waals surface area contributed by atoms with E-state index in [0.717, 1.165) is 17.0 Å². The molecule has 0 atom stereocenters. The number of benzene rings is 2. The zero-order valence-electron chi connectivity index (χ0n) is 14.7. The quantitative estimate of drug-likeness (QED) is 0.548. The maximum Gasteiger partial charge on any atom is 0.221 e. The molecule has 0 radical (unpaired) electrons. The number of aromatic hydroxyl groups is 1. The summed E-state index contributed by atoms with van der Waals surface area (Å²) in [6.07, 6.45) is 0. The van der Waals surface area contributed by atoms with Crippen molar-refractivity contribution in [3.05, 3.63) is 53.8 Å². The van der Waals surface area contributed by atoms with Gasteiger partial charge in [-0.15, -0.1) is 5.11 Å². The Morgan fingerprint density at radius 2 is 1.85 bits per heavy atom. The van der Waals surface area contributed by atoms with Gasteiger partial charge in [-0.1, -0.05) is 26.0 Å². The van der Waals surface area contributed by atoms with E-state index in [0.29, 0.717) is 22.7 Å². The molecule has 6 heteroatoms. The molecular formula is C20H20FN3OS. The molecule has 0 aliphatic carbocycles. The van der Waals surface area contributed by atoms with E-state index in [-0.39, 0.29) is 17.7 Å². The third kappa shape index (κ3) is 2.98. The molecule has 4 nitrogen and oxygen atoms in total. The minimum absolute atomic E-state index is 0.0541. The second-order valence-electron chi connectivity index (χ2n) is 6.84. The number of aromatic nitrogens is 1. The average Bonchev–Trinajstić information content (AvgIpc) is 2.84. The molecule has 1 fully saturated rings. The number of fused-ring (bicyclic) bond motifs is 1. The van der Waals surface area contributed by atoms with Crippen LogP contribution in [0, 0.1) is 5.82 Å². The number of halogens is 1. The Morgan fingerprint density at radius 3 is 2.46 bits per heavy atom. The Morgan fingerprint density at radius 1 is 1.12 bits per heavy atom. The van der Waals surface area contributed by atoms with Gasteiger partial charge in [-0.2, -0.15) is 16.9 Å². The van der Waals surface area contributed by atoms with Crippen LogP contribution in [0.5, 0.6) is 5.88 Å². The van der Waals surface area contributed by atoms with Gasteiger partial charge in [-0.05, 0) is 41.8 Å². The third-order valence-electron chi connectivity index (χ3n) is 4.72. The molecule has 26 heavy (non-hydrogen) atoms. The molecule has 0 saturated carbocycles. The van der Waals surface area contributed by atoms with Crippen LogP contribution in [0.3, 0.4) is 0 Å². The van der Waals surface area contributed by atoms with Crippen LogP contribution < -0.4 is 0 Å². The molecule has 1 aliphatic rings. The van der Waals surface area contributed by atoms with E-state index >= 15 is 0 Å². The summed E-state index contributed by atoms with van der Waals surface area (Å²) in [5.74, 6) is 2.02. The lowest BCUT2D eigenvalue weighted by atomic mass is 10.0. The Kier molecular flexibility index (Phi) is 4.44. The summed E-state index contributed by atoms with van der Waals surface area (Å²) < 4.78 is 15.6. The highest BCUT2D eigenvalue weighted by Gasteiger charge is 2.27. The maximum atomic E-state index is 13.8. The minimum atomic E-state index is -0.352. The largest absolute Gasteiger partial charge is 0.493 e. The fraction of sp³-hybridized carbons (Fsp3) is 0.300. The van der Waals surface area contributed by atoms with Crippen LogP contribution in [0.4, 0.5) is 15.8 Å². The lowest BCUT2D eigenvalue weighted by molar-refractivity contribution is 0.406. The van der Waals surface area contributed by atoms with Gasteiger partial charge < -0.3 is 9.67 Å². The van der Waals surface area contributed by atoms with Crippen molar-refractivity contribution in [1.29, 1.82) is 0 Å². The molecule has 2 aromatic carbocycles. The van der Waals surface area contributed by atoms with Crippen molar-refractivity contribution in [2.24, 2.45) is 10.2 Å². The van der Waals surface area contributed by atoms with Crippen LogP contribution in [0.2, 0.25) is 0 Å². The van der Waals surface area contributed by atoms with Crippen molar-refractivity contribution in [2.75, 3.05) is 11.5 Å². The summed E-state index contributed by atoms with van der Waals surface area (Å²) >= 11 is 1.82. The molecule has 0 amide bonds. The molecular weight excluding hydrogens is 349 g/mol. The van der Waals surface area contributed by atoms with Crippen molar-refractivity contribution in [3.63, 3.8) is 0 Å². The molecule has 4 rings (SSSR count). The fourth-order valence-corrected chi connectivity index (χ4v) is 3.88. The molecule has 2 heterocycles. The second kappa shape index (κ2) is 6.76. The SMILES string of the molecule is CC(C)c1ccc(N=Nc2c(O)n(C3CSC3)c3ccc(F)cc23)cc1. The molecule has 0 bridgehead atoms. The van der Waals surface area contributed by atoms with Crippen LogP contribution in [-0.4, -0.2) is 21.2 Å². The summed E-state index contributed by atoms with van der Waals surface area (Å²) in [6, 6.07) is 12.6. The molecule has 1 N–H and O–H groups in total. The third-order valence-corrected chi connectivity index (χ3v) is 5.97. The first-order valence-corrected chi connectivity index (χ1v) is 9.82. The normalized spacial score (nSPS) is 15.2. The molecule has 134 valence electrons. The number of azo groups is 1. The van der Waals surface area contributed by atoms with E-state index < -0.39 is 0 Å². The van der Waals surface area contributed by atoms with Crippen LogP contribution in [-0.2, 0) is 0 Å². The van der Waals surface area contributed by atoms with Crippen LogP contribution >= 0.6 is 11.8 Å². The minimum Gasteiger partial charge on any atom is -0.493 e. The monoisotopic (exact) mass is 369 g/mol. The van der Waals surface area contributed by atoms with Gasteiger partial charge in [0.25, 0.3) is 0 Å². The van der Waals surface area contributed by atoms with E-state index in [1.807, 2.05) is 40.6 Å². The van der Waals surface area contributed by atoms with Crippen molar-refractivity contribution >= 4 is 34.0 Å². The molecule has 1 aromatic heterocycles. The topological polar surface area (TPSA) is 49.9 Å². The van der Waals surface area contributed by atoms with Crippen LogP contribution in [0.1, 0.15) is 31.4 Å². The second-order valence-corrected chi connectivity index (χ2v) is 7.92. The van der Waals surface area contributed by atoms with Gasteiger partial charge in [0.05, 0.1) is 17.2 Å². The summed E-state index contributed by atoms with van der Waals surface area (Å²) in [4.78, 5) is 0. The molecule has 0 unspecified atom stereocenters. The van der Waals surface area contributed by atoms with E-state index in [2.05, 4.69) is 24.1 Å². The Balaban J connectivity index is 1.75. The lowest BCUT2D eigenvalue weighted by Gasteiger charge is -2.27. The van der Waals surface area contributed by atoms with Crippen LogP contribution in [0.25, 0.3) is 10.9 Å². The lowest BCUT2D eigenvalue weighted by Crippen LogP contribution is -2.22. The van der Waals surface area contributed by atoms with Gasteiger partial charge in [-0.25, -0.2) is 4.39 Å². The summed E-state index contributed by atoms with van der Waals surface area (Å²) in [5, 5.41) is 19.8. The van der Waals surface area contributed by atoms with E-state index in [1.54, 1.807) is 6.07 Å². The Labute approximate surface area is 155 Å². The first-order chi connectivity index (χ1) is 12.5. The number of rotatable bonds is 4. The van der Waals surface area contributed by atoms with Gasteiger partial charge in [0.1, 0.15) is 5.82 Å². The maximum absolute atomic E-state index is 13.8. The zero-order valence-corrected chi connectivity index (χ0v) is 15.5. The Hall–Kier alpha value is -2.34. The standard InChI is InChI=1S/C20H20FN3OS/c1-12(2)13-3-6-15(7-4-13)22-23-19-17-9-14(21)5-8-18(17)24(20(19)25)16-10-26-11-16/h3-9,12,16,25H,10-11H2,1-2H3. The highest BCUT2D eigenvalue weighted by Crippen LogP contribution is 2.45. The van der Waals surface area contributed by atoms with Gasteiger partial charge in [0.2, 0.25) is 5.88 Å². The summed E-state index contributed by atoms with van der Waals surface area (Å²) in [6.45, 7) is 4.27. The molecule has 1 aliphatic heterocycles. The van der Waals surface area contributed by atoms with Crippen molar-refractivity contribution in [3.8, 4) is 5.88 Å². The predicted octanol–water partition coefficient (Wildman–Crippen LogP) is 6.31. The van der Waals surface area contributed by atoms with Gasteiger partial charge >= 0.3 is 0 Å². The molecule has 0 spiro atoms. The van der Waals surface area contributed by atoms with Crippen molar-refractivity contribution in [2.45, 2.75) is 25.8 Å². The Bertz CT molecular complexity index is 975. The predicted molar refractivity (Wildman–Crippen MR) is 105 cm³/mol. The van der Waals surface area contributed by atoms with Gasteiger partial charge in [0.15, 0.2) is 5.69 Å². The number of hydrogen-bond acceptors (Lipinski definition) is 4. The van der Waals surface area contributed by atoms with Gasteiger partial charge in [0, 0.05) is 16.9 Å². The zero-order chi connectivity index (χ0) is 18.3. The number of thioether (sulfide) groups is 1. The first kappa shape index (κ1) is 17.1. The smallest absolute Gasteiger partial charge is 0.221 e. The summed E-state index contributed by atoms with van der Waals surface area (Å²) in [7, 11) is 0. The molecule has 1 saturated heterocycles. The number of hydrogen-bond donors (Lipinski definition) is 1.